The SMILES string of the molecule is CCc1ccccc1NC(=O)c1c(NC(=O)c2ccccc2F)sc2c1CCC(C(C)(C)C)C2. The molecule has 1 aliphatic rings. The number of carbonyl (C=O) groups excluding carboxylic acids is 2. The maximum absolute atomic E-state index is 14.2. The molecule has 0 fully saturated rings. The summed E-state index contributed by atoms with van der Waals surface area (Å²) in [5.41, 5.74) is 3.43. The second-order valence-electron chi connectivity index (χ2n) is 9.91. The predicted octanol–water partition coefficient (Wildman–Crippen LogP) is 7.11. The van der Waals surface area contributed by atoms with Gasteiger partial charge in [-0.05, 0) is 66.3 Å². The third-order valence-corrected chi connectivity index (χ3v) is 7.88. The molecule has 4 nitrogen and oxygen atoms in total. The Bertz CT molecular complexity index is 1230. The molecule has 4 rings (SSSR count). The molecular weight excluding hydrogens is 447 g/mol. The summed E-state index contributed by atoms with van der Waals surface area (Å²) in [5, 5.41) is 6.40. The highest BCUT2D eigenvalue weighted by atomic mass is 32.1. The van der Waals surface area contributed by atoms with E-state index in [2.05, 4.69) is 31.4 Å². The maximum Gasteiger partial charge on any atom is 0.259 e. The third kappa shape index (κ3) is 4.92. The van der Waals surface area contributed by atoms with Crippen LogP contribution in [0.3, 0.4) is 0 Å². The summed E-state index contributed by atoms with van der Waals surface area (Å²) in [6.45, 7) is 8.77. The zero-order chi connectivity index (χ0) is 24.5. The molecule has 2 amide bonds. The number of aryl methyl sites for hydroxylation is 1. The van der Waals surface area contributed by atoms with E-state index in [-0.39, 0.29) is 16.9 Å². The van der Waals surface area contributed by atoms with Crippen molar-refractivity contribution >= 4 is 33.8 Å². The minimum atomic E-state index is -0.586. The number of fused-ring (bicyclic) bond motifs is 1. The highest BCUT2D eigenvalue weighted by Gasteiger charge is 2.34. The van der Waals surface area contributed by atoms with E-state index in [4.69, 9.17) is 0 Å². The molecule has 1 heterocycles. The van der Waals surface area contributed by atoms with Crippen LogP contribution in [0.5, 0.6) is 0 Å². The van der Waals surface area contributed by atoms with Gasteiger partial charge in [0.15, 0.2) is 0 Å². The Morgan fingerprint density at radius 1 is 1.03 bits per heavy atom. The fourth-order valence-electron chi connectivity index (χ4n) is 4.60. The van der Waals surface area contributed by atoms with E-state index in [1.54, 1.807) is 12.1 Å². The van der Waals surface area contributed by atoms with Gasteiger partial charge in [0.1, 0.15) is 10.8 Å². The van der Waals surface area contributed by atoms with Crippen molar-refractivity contribution in [3.05, 3.63) is 81.5 Å². The molecule has 0 aliphatic heterocycles. The summed E-state index contributed by atoms with van der Waals surface area (Å²) in [6.07, 6.45) is 3.43. The van der Waals surface area contributed by atoms with Gasteiger partial charge in [-0.2, -0.15) is 0 Å². The Balaban J connectivity index is 1.71. The van der Waals surface area contributed by atoms with Crippen molar-refractivity contribution in [2.24, 2.45) is 11.3 Å². The number of hydrogen-bond acceptors (Lipinski definition) is 3. The molecule has 34 heavy (non-hydrogen) atoms. The molecule has 0 spiro atoms. The predicted molar refractivity (Wildman–Crippen MR) is 137 cm³/mol. The lowest BCUT2D eigenvalue weighted by Crippen LogP contribution is -2.27. The minimum absolute atomic E-state index is 0.0378. The average molecular weight is 479 g/mol. The third-order valence-electron chi connectivity index (χ3n) is 6.71. The van der Waals surface area contributed by atoms with Crippen LogP contribution < -0.4 is 10.6 Å². The first-order chi connectivity index (χ1) is 16.2. The summed E-state index contributed by atoms with van der Waals surface area (Å²) in [7, 11) is 0. The van der Waals surface area contributed by atoms with E-state index in [0.29, 0.717) is 16.5 Å². The van der Waals surface area contributed by atoms with Gasteiger partial charge in [-0.15, -0.1) is 11.3 Å². The van der Waals surface area contributed by atoms with E-state index >= 15 is 0 Å². The minimum Gasteiger partial charge on any atom is -0.322 e. The van der Waals surface area contributed by atoms with Gasteiger partial charge in [0, 0.05) is 10.6 Å². The molecule has 1 aromatic heterocycles. The number of carbonyl (C=O) groups is 2. The van der Waals surface area contributed by atoms with Crippen LogP contribution in [0.25, 0.3) is 0 Å². The first kappa shape index (κ1) is 24.1. The van der Waals surface area contributed by atoms with Gasteiger partial charge in [0.05, 0.1) is 11.1 Å². The van der Waals surface area contributed by atoms with Crippen molar-refractivity contribution in [1.82, 2.24) is 0 Å². The van der Waals surface area contributed by atoms with Crippen molar-refractivity contribution in [2.75, 3.05) is 10.6 Å². The molecule has 2 N–H and O–H groups in total. The van der Waals surface area contributed by atoms with Crippen LogP contribution in [0.15, 0.2) is 48.5 Å². The second-order valence-corrected chi connectivity index (χ2v) is 11.0. The number of para-hydroxylation sites is 1. The van der Waals surface area contributed by atoms with Gasteiger partial charge in [0.2, 0.25) is 0 Å². The van der Waals surface area contributed by atoms with E-state index in [9.17, 15) is 14.0 Å². The van der Waals surface area contributed by atoms with E-state index < -0.39 is 11.7 Å². The number of rotatable bonds is 5. The number of thiophene rings is 1. The van der Waals surface area contributed by atoms with Gasteiger partial charge < -0.3 is 10.6 Å². The standard InChI is InChI=1S/C28H31FN2O2S/c1-5-17-10-6-9-13-22(17)30-26(33)24-20-15-14-18(28(2,3)4)16-23(20)34-27(24)31-25(32)19-11-7-8-12-21(19)29/h6-13,18H,5,14-16H2,1-4H3,(H,30,33)(H,31,32). The molecular formula is C28H31FN2O2S. The Morgan fingerprint density at radius 3 is 2.44 bits per heavy atom. The van der Waals surface area contributed by atoms with Gasteiger partial charge in [-0.25, -0.2) is 4.39 Å². The lowest BCUT2D eigenvalue weighted by atomic mass is 9.72. The Labute approximate surface area is 204 Å². The fourth-order valence-corrected chi connectivity index (χ4v) is 5.92. The first-order valence-electron chi connectivity index (χ1n) is 11.8. The quantitative estimate of drug-likeness (QED) is 0.411. The van der Waals surface area contributed by atoms with Crippen LogP contribution in [-0.4, -0.2) is 11.8 Å². The van der Waals surface area contributed by atoms with Crippen molar-refractivity contribution in [1.29, 1.82) is 0 Å². The van der Waals surface area contributed by atoms with E-state index in [1.165, 1.54) is 23.5 Å². The van der Waals surface area contributed by atoms with Gasteiger partial charge in [-0.3, -0.25) is 9.59 Å². The Hall–Kier alpha value is -2.99. The Morgan fingerprint density at radius 2 is 1.74 bits per heavy atom. The molecule has 0 saturated heterocycles. The van der Waals surface area contributed by atoms with E-state index in [0.717, 1.165) is 47.4 Å². The molecule has 6 heteroatoms. The number of halogens is 1. The van der Waals surface area contributed by atoms with Crippen LogP contribution in [0.1, 0.15) is 70.8 Å². The van der Waals surface area contributed by atoms with Gasteiger partial charge in [-0.1, -0.05) is 58.0 Å². The summed E-state index contributed by atoms with van der Waals surface area (Å²) >= 11 is 1.44. The molecule has 2 aromatic carbocycles. The van der Waals surface area contributed by atoms with Crippen LogP contribution in [0.2, 0.25) is 0 Å². The molecule has 1 atom stereocenters. The molecule has 0 saturated carbocycles. The number of hydrogen-bond donors (Lipinski definition) is 2. The number of anilines is 2. The zero-order valence-corrected chi connectivity index (χ0v) is 20.9. The van der Waals surface area contributed by atoms with Crippen LogP contribution in [0, 0.1) is 17.2 Å². The molecule has 0 radical (unpaired) electrons. The number of benzene rings is 2. The van der Waals surface area contributed by atoms with Crippen molar-refractivity contribution in [2.45, 2.75) is 53.4 Å². The monoisotopic (exact) mass is 478 g/mol. The normalized spacial score (nSPS) is 15.5. The van der Waals surface area contributed by atoms with Gasteiger partial charge >= 0.3 is 0 Å². The van der Waals surface area contributed by atoms with Gasteiger partial charge in [0.25, 0.3) is 11.8 Å². The first-order valence-corrected chi connectivity index (χ1v) is 12.6. The highest BCUT2D eigenvalue weighted by Crippen LogP contribution is 2.44. The topological polar surface area (TPSA) is 58.2 Å². The molecule has 178 valence electrons. The molecule has 1 unspecified atom stereocenters. The number of nitrogens with one attached hydrogen (secondary N) is 2. The molecule has 3 aromatic rings. The zero-order valence-electron chi connectivity index (χ0n) is 20.1. The maximum atomic E-state index is 14.2. The average Bonchev–Trinajstić information content (AvgIpc) is 3.16. The Kier molecular flexibility index (Phi) is 6.89. The summed E-state index contributed by atoms with van der Waals surface area (Å²) < 4.78 is 14.2. The second kappa shape index (κ2) is 9.71. The van der Waals surface area contributed by atoms with Crippen LogP contribution in [0.4, 0.5) is 15.1 Å². The number of amides is 2. The fraction of sp³-hybridized carbons (Fsp3) is 0.357. The summed E-state index contributed by atoms with van der Waals surface area (Å²) in [6, 6.07) is 13.6. The van der Waals surface area contributed by atoms with E-state index in [1.807, 2.05) is 31.2 Å². The lowest BCUT2D eigenvalue weighted by molar-refractivity contribution is 0.102. The van der Waals surface area contributed by atoms with Crippen LogP contribution >= 0.6 is 11.3 Å². The van der Waals surface area contributed by atoms with Crippen molar-refractivity contribution in [3.63, 3.8) is 0 Å². The summed E-state index contributed by atoms with van der Waals surface area (Å²) in [5.74, 6) is -0.883. The summed E-state index contributed by atoms with van der Waals surface area (Å²) in [4.78, 5) is 27.6. The smallest absolute Gasteiger partial charge is 0.259 e. The molecule has 0 bridgehead atoms. The highest BCUT2D eigenvalue weighted by molar-refractivity contribution is 7.17. The van der Waals surface area contributed by atoms with Crippen molar-refractivity contribution in [3.8, 4) is 0 Å². The van der Waals surface area contributed by atoms with Crippen molar-refractivity contribution < 1.29 is 14.0 Å². The molecule has 1 aliphatic carbocycles. The lowest BCUT2D eigenvalue weighted by Gasteiger charge is -2.33. The largest absolute Gasteiger partial charge is 0.322 e. The van der Waals surface area contributed by atoms with Crippen LogP contribution in [-0.2, 0) is 19.3 Å².